The summed E-state index contributed by atoms with van der Waals surface area (Å²) in [7, 11) is 0. The van der Waals surface area contributed by atoms with Gasteiger partial charge in [0.05, 0.1) is 5.69 Å². The Hall–Kier alpha value is -1.31. The van der Waals surface area contributed by atoms with E-state index in [1.807, 2.05) is 30.3 Å². The van der Waals surface area contributed by atoms with Crippen molar-refractivity contribution in [1.82, 2.24) is 5.32 Å². The quantitative estimate of drug-likeness (QED) is 0.649. The molecule has 0 aliphatic heterocycles. The van der Waals surface area contributed by atoms with Crippen molar-refractivity contribution in [2.75, 3.05) is 0 Å². The summed E-state index contributed by atoms with van der Waals surface area (Å²) in [5.41, 5.74) is 0.773. The lowest BCUT2D eigenvalue weighted by molar-refractivity contribution is -0.121. The molecule has 2 heteroatoms. The van der Waals surface area contributed by atoms with Crippen LogP contribution in [0.4, 0.5) is 5.69 Å². The monoisotopic (exact) mass is 160 g/mol. The van der Waals surface area contributed by atoms with Crippen LogP contribution in [0.15, 0.2) is 30.3 Å². The van der Waals surface area contributed by atoms with Gasteiger partial charge in [0, 0.05) is 5.92 Å². The van der Waals surface area contributed by atoms with Crippen LogP contribution in [0.5, 0.6) is 0 Å². The highest BCUT2D eigenvalue weighted by Crippen LogP contribution is 2.30. The zero-order valence-corrected chi connectivity index (χ0v) is 6.73. The van der Waals surface area contributed by atoms with E-state index in [1.165, 1.54) is 0 Å². The molecule has 1 aliphatic carbocycles. The average molecular weight is 160 g/mol. The van der Waals surface area contributed by atoms with E-state index in [0.717, 1.165) is 18.5 Å². The first-order valence-corrected chi connectivity index (χ1v) is 4.17. The lowest BCUT2D eigenvalue weighted by Gasteiger charge is -1.98. The summed E-state index contributed by atoms with van der Waals surface area (Å²) in [6, 6.07) is 9.39. The molecule has 1 fully saturated rings. The summed E-state index contributed by atoms with van der Waals surface area (Å²) in [4.78, 5) is 11.2. The third kappa shape index (κ3) is 1.64. The van der Waals surface area contributed by atoms with Gasteiger partial charge in [0.1, 0.15) is 0 Å². The minimum absolute atomic E-state index is 0.0428. The van der Waals surface area contributed by atoms with Gasteiger partial charge in [-0.3, -0.25) is 4.79 Å². The number of rotatable bonds is 2. The molecule has 1 saturated carbocycles. The van der Waals surface area contributed by atoms with Crippen molar-refractivity contribution in [3.05, 3.63) is 30.3 Å². The van der Waals surface area contributed by atoms with Crippen LogP contribution >= 0.6 is 0 Å². The largest absolute Gasteiger partial charge is 0.272 e. The molecule has 1 aliphatic rings. The minimum atomic E-state index is 0.0428. The van der Waals surface area contributed by atoms with E-state index in [2.05, 4.69) is 5.32 Å². The molecule has 0 N–H and O–H groups in total. The van der Waals surface area contributed by atoms with Crippen molar-refractivity contribution in [3.63, 3.8) is 0 Å². The van der Waals surface area contributed by atoms with Gasteiger partial charge in [0.2, 0.25) is 5.91 Å². The molecule has 61 valence electrons. The molecular formula is C10H10NO. The van der Waals surface area contributed by atoms with E-state index >= 15 is 0 Å². The molecule has 0 atom stereocenters. The number of nitrogens with zero attached hydrogens (tertiary/aromatic N) is 1. The molecule has 0 spiro atoms. The Kier molecular flexibility index (Phi) is 1.82. The second kappa shape index (κ2) is 2.97. The molecule has 0 heterocycles. The third-order valence-electron chi connectivity index (χ3n) is 1.92. The zero-order valence-electron chi connectivity index (χ0n) is 6.73. The summed E-state index contributed by atoms with van der Waals surface area (Å²) in [6.45, 7) is 0. The van der Waals surface area contributed by atoms with Gasteiger partial charge in [0.15, 0.2) is 0 Å². The third-order valence-corrected chi connectivity index (χ3v) is 1.92. The molecule has 1 radical (unpaired) electrons. The Labute approximate surface area is 71.6 Å². The molecule has 0 bridgehead atoms. The van der Waals surface area contributed by atoms with Gasteiger partial charge in [-0.25, -0.2) is 5.32 Å². The Balaban J connectivity index is 1.98. The Bertz CT molecular complexity index is 277. The Morgan fingerprint density at radius 1 is 1.25 bits per heavy atom. The molecule has 1 aromatic carbocycles. The first kappa shape index (κ1) is 7.35. The van der Waals surface area contributed by atoms with E-state index in [1.54, 1.807) is 0 Å². The second-order valence-corrected chi connectivity index (χ2v) is 3.06. The predicted octanol–water partition coefficient (Wildman–Crippen LogP) is 1.86. The van der Waals surface area contributed by atoms with Gasteiger partial charge in [-0.05, 0) is 25.0 Å². The van der Waals surface area contributed by atoms with Gasteiger partial charge in [-0.2, -0.15) is 0 Å². The average Bonchev–Trinajstić information content (AvgIpc) is 2.88. The van der Waals surface area contributed by atoms with Crippen LogP contribution in [0, 0.1) is 5.92 Å². The van der Waals surface area contributed by atoms with Gasteiger partial charge in [-0.15, -0.1) is 0 Å². The number of hydrogen-bond acceptors (Lipinski definition) is 1. The van der Waals surface area contributed by atoms with Gasteiger partial charge in [-0.1, -0.05) is 18.2 Å². The lowest BCUT2D eigenvalue weighted by Crippen LogP contribution is -2.11. The molecule has 1 amide bonds. The number of hydrogen-bond donors (Lipinski definition) is 0. The summed E-state index contributed by atoms with van der Waals surface area (Å²) in [5, 5.41) is 3.98. The fraction of sp³-hybridized carbons (Fsp3) is 0.300. The summed E-state index contributed by atoms with van der Waals surface area (Å²) in [5.74, 6) is 0.270. The molecule has 2 rings (SSSR count). The topological polar surface area (TPSA) is 31.2 Å². The highest BCUT2D eigenvalue weighted by molar-refractivity contribution is 5.84. The molecule has 0 unspecified atom stereocenters. The first-order valence-electron chi connectivity index (χ1n) is 4.17. The van der Waals surface area contributed by atoms with E-state index in [4.69, 9.17) is 0 Å². The maximum Gasteiger partial charge on any atom is 0.249 e. The van der Waals surface area contributed by atoms with Crippen molar-refractivity contribution in [3.8, 4) is 0 Å². The van der Waals surface area contributed by atoms with E-state index in [0.29, 0.717) is 0 Å². The van der Waals surface area contributed by atoms with Crippen molar-refractivity contribution in [2.45, 2.75) is 12.8 Å². The molecule has 0 aromatic heterocycles. The van der Waals surface area contributed by atoms with Crippen LogP contribution < -0.4 is 5.32 Å². The van der Waals surface area contributed by atoms with Crippen molar-refractivity contribution < 1.29 is 4.79 Å². The summed E-state index contributed by atoms with van der Waals surface area (Å²) in [6.07, 6.45) is 2.05. The lowest BCUT2D eigenvalue weighted by atomic mass is 10.3. The van der Waals surface area contributed by atoms with Crippen LogP contribution in [0.25, 0.3) is 0 Å². The normalized spacial score (nSPS) is 15.7. The number of para-hydroxylation sites is 1. The standard InChI is InChI=1S/C10H10NO/c12-10(8-6-7-8)11-9-4-2-1-3-5-9/h1-5,8H,6-7H2. The summed E-state index contributed by atoms with van der Waals surface area (Å²) < 4.78 is 0. The van der Waals surface area contributed by atoms with Crippen molar-refractivity contribution in [1.29, 1.82) is 0 Å². The maximum atomic E-state index is 11.2. The van der Waals surface area contributed by atoms with Crippen LogP contribution in [0.3, 0.4) is 0 Å². The molecule has 1 aromatic rings. The Morgan fingerprint density at radius 3 is 2.50 bits per heavy atom. The van der Waals surface area contributed by atoms with E-state index in [-0.39, 0.29) is 11.8 Å². The smallest absolute Gasteiger partial charge is 0.249 e. The number of carbonyl (C=O) groups excluding carboxylic acids is 1. The molecule has 2 nitrogen and oxygen atoms in total. The fourth-order valence-corrected chi connectivity index (χ4v) is 1.05. The SMILES string of the molecule is O=C([N]c1ccccc1)C1CC1. The number of benzene rings is 1. The number of amides is 1. The van der Waals surface area contributed by atoms with Crippen LogP contribution in [-0.4, -0.2) is 5.91 Å². The van der Waals surface area contributed by atoms with Crippen molar-refractivity contribution in [2.24, 2.45) is 5.92 Å². The second-order valence-electron chi connectivity index (χ2n) is 3.06. The van der Waals surface area contributed by atoms with Gasteiger partial charge >= 0.3 is 0 Å². The number of carbonyl (C=O) groups is 1. The molecule has 0 saturated heterocycles. The fourth-order valence-electron chi connectivity index (χ4n) is 1.05. The van der Waals surface area contributed by atoms with Crippen LogP contribution in [0.1, 0.15) is 12.8 Å². The van der Waals surface area contributed by atoms with E-state index < -0.39 is 0 Å². The van der Waals surface area contributed by atoms with Crippen LogP contribution in [0.2, 0.25) is 0 Å². The van der Waals surface area contributed by atoms with Gasteiger partial charge in [0.25, 0.3) is 0 Å². The van der Waals surface area contributed by atoms with E-state index in [9.17, 15) is 4.79 Å². The van der Waals surface area contributed by atoms with Gasteiger partial charge < -0.3 is 0 Å². The maximum absolute atomic E-state index is 11.2. The minimum Gasteiger partial charge on any atom is -0.272 e. The zero-order chi connectivity index (χ0) is 8.39. The molecule has 12 heavy (non-hydrogen) atoms. The highest BCUT2D eigenvalue weighted by atomic mass is 16.2. The Morgan fingerprint density at radius 2 is 1.92 bits per heavy atom. The summed E-state index contributed by atoms with van der Waals surface area (Å²) >= 11 is 0. The van der Waals surface area contributed by atoms with Crippen LogP contribution in [-0.2, 0) is 4.79 Å². The highest BCUT2D eigenvalue weighted by Gasteiger charge is 2.30. The first-order chi connectivity index (χ1) is 5.86. The van der Waals surface area contributed by atoms with Crippen molar-refractivity contribution >= 4 is 11.6 Å². The molecular weight excluding hydrogens is 150 g/mol. The predicted molar refractivity (Wildman–Crippen MR) is 46.0 cm³/mol.